The first-order valence-electron chi connectivity index (χ1n) is 10.1. The molecule has 2 aromatic rings. The minimum absolute atomic E-state index is 0.440. The second-order valence-corrected chi connectivity index (χ2v) is 8.76. The SMILES string of the molecule is CN=C(NCc1ccccc1Cn1cccn1)NCC(C)(C)NC(=O)OC(C)(C)C. The van der Waals surface area contributed by atoms with Gasteiger partial charge < -0.3 is 20.7 Å². The van der Waals surface area contributed by atoms with E-state index >= 15 is 0 Å². The molecular weight excluding hydrogens is 380 g/mol. The predicted octanol–water partition coefficient (Wildman–Crippen LogP) is 2.90. The molecule has 0 aliphatic heterocycles. The molecule has 0 bridgehead atoms. The second kappa shape index (κ2) is 10.1. The molecule has 0 aliphatic carbocycles. The number of carbonyl (C=O) groups excluding carboxylic acids is 1. The lowest BCUT2D eigenvalue weighted by atomic mass is 10.1. The summed E-state index contributed by atoms with van der Waals surface area (Å²) in [4.78, 5) is 16.3. The summed E-state index contributed by atoms with van der Waals surface area (Å²) in [7, 11) is 1.72. The first-order chi connectivity index (χ1) is 14.1. The van der Waals surface area contributed by atoms with Crippen LogP contribution in [-0.4, -0.2) is 46.6 Å². The highest BCUT2D eigenvalue weighted by Crippen LogP contribution is 2.11. The van der Waals surface area contributed by atoms with Gasteiger partial charge in [0, 0.05) is 32.5 Å². The number of hydrogen-bond donors (Lipinski definition) is 3. The van der Waals surface area contributed by atoms with Crippen LogP contribution in [0.3, 0.4) is 0 Å². The lowest BCUT2D eigenvalue weighted by Crippen LogP contribution is -2.54. The van der Waals surface area contributed by atoms with E-state index in [0.717, 1.165) is 0 Å². The summed E-state index contributed by atoms with van der Waals surface area (Å²) >= 11 is 0. The number of amides is 1. The van der Waals surface area contributed by atoms with Gasteiger partial charge in [0.15, 0.2) is 5.96 Å². The topological polar surface area (TPSA) is 92.6 Å². The number of nitrogens with one attached hydrogen (secondary N) is 3. The van der Waals surface area contributed by atoms with Crippen LogP contribution in [0.15, 0.2) is 47.7 Å². The number of benzene rings is 1. The number of rotatable bonds is 7. The second-order valence-electron chi connectivity index (χ2n) is 8.76. The zero-order valence-electron chi connectivity index (χ0n) is 18.8. The number of nitrogens with zero attached hydrogens (tertiary/aromatic N) is 3. The van der Waals surface area contributed by atoms with Gasteiger partial charge in [-0.3, -0.25) is 9.67 Å². The Morgan fingerprint density at radius 3 is 2.40 bits per heavy atom. The highest BCUT2D eigenvalue weighted by molar-refractivity contribution is 5.79. The van der Waals surface area contributed by atoms with Crippen molar-refractivity contribution in [1.29, 1.82) is 0 Å². The standard InChI is InChI=1S/C22H34N6O2/c1-21(2,3)30-20(29)27-22(4,5)16-25-19(23-6)24-14-17-10-7-8-11-18(17)15-28-13-9-12-26-28/h7-13H,14-16H2,1-6H3,(H,27,29)(H2,23,24,25). The van der Waals surface area contributed by atoms with Crippen LogP contribution in [0.2, 0.25) is 0 Å². The Morgan fingerprint density at radius 2 is 1.80 bits per heavy atom. The smallest absolute Gasteiger partial charge is 0.408 e. The average molecular weight is 415 g/mol. The van der Waals surface area contributed by atoms with Crippen molar-refractivity contribution < 1.29 is 9.53 Å². The van der Waals surface area contributed by atoms with Crippen LogP contribution in [0.25, 0.3) is 0 Å². The van der Waals surface area contributed by atoms with Crippen molar-refractivity contribution in [3.8, 4) is 0 Å². The van der Waals surface area contributed by atoms with Crippen LogP contribution in [0.4, 0.5) is 4.79 Å². The summed E-state index contributed by atoms with van der Waals surface area (Å²) in [6, 6.07) is 10.2. The van der Waals surface area contributed by atoms with Gasteiger partial charge in [-0.25, -0.2) is 4.79 Å². The normalized spacial score (nSPS) is 12.4. The molecule has 1 heterocycles. The molecular formula is C22H34N6O2. The van der Waals surface area contributed by atoms with E-state index in [-0.39, 0.29) is 0 Å². The molecule has 2 rings (SSSR count). The summed E-state index contributed by atoms with van der Waals surface area (Å²) < 4.78 is 7.24. The van der Waals surface area contributed by atoms with Gasteiger partial charge in [-0.1, -0.05) is 24.3 Å². The number of carbonyl (C=O) groups is 1. The average Bonchev–Trinajstić information content (AvgIpc) is 3.14. The lowest BCUT2D eigenvalue weighted by Gasteiger charge is -2.29. The molecule has 0 unspecified atom stereocenters. The van der Waals surface area contributed by atoms with E-state index in [9.17, 15) is 4.79 Å². The number of aliphatic imine (C=N–C) groups is 1. The molecule has 3 N–H and O–H groups in total. The minimum Gasteiger partial charge on any atom is -0.444 e. The fraction of sp³-hybridized carbons (Fsp3) is 0.500. The molecule has 1 aromatic carbocycles. The highest BCUT2D eigenvalue weighted by atomic mass is 16.6. The zero-order valence-corrected chi connectivity index (χ0v) is 18.8. The molecule has 0 saturated heterocycles. The maximum atomic E-state index is 12.1. The van der Waals surface area contributed by atoms with Crippen molar-refractivity contribution in [1.82, 2.24) is 25.7 Å². The molecule has 0 atom stereocenters. The highest BCUT2D eigenvalue weighted by Gasteiger charge is 2.24. The maximum Gasteiger partial charge on any atom is 0.408 e. The number of hydrogen-bond acceptors (Lipinski definition) is 4. The Hall–Kier alpha value is -3.03. The largest absolute Gasteiger partial charge is 0.444 e. The van der Waals surface area contributed by atoms with Crippen LogP contribution >= 0.6 is 0 Å². The van der Waals surface area contributed by atoms with E-state index in [4.69, 9.17) is 4.74 Å². The molecule has 0 radical (unpaired) electrons. The Bertz CT molecular complexity index is 838. The molecule has 8 nitrogen and oxygen atoms in total. The van der Waals surface area contributed by atoms with Gasteiger partial charge in [-0.2, -0.15) is 5.10 Å². The monoisotopic (exact) mass is 414 g/mol. The molecule has 0 fully saturated rings. The van der Waals surface area contributed by atoms with Crippen molar-refractivity contribution in [2.45, 2.75) is 58.8 Å². The molecule has 0 aliphatic rings. The molecule has 8 heteroatoms. The summed E-state index contributed by atoms with van der Waals surface area (Å²) in [5.41, 5.74) is 1.31. The van der Waals surface area contributed by atoms with Gasteiger partial charge in [-0.05, 0) is 51.8 Å². The molecule has 30 heavy (non-hydrogen) atoms. The van der Waals surface area contributed by atoms with Crippen LogP contribution in [0, 0.1) is 0 Å². The lowest BCUT2D eigenvalue weighted by molar-refractivity contribution is 0.0474. The van der Waals surface area contributed by atoms with Gasteiger partial charge in [0.1, 0.15) is 5.60 Å². The Labute approximate surface area is 179 Å². The van der Waals surface area contributed by atoms with E-state index in [1.54, 1.807) is 13.2 Å². The van der Waals surface area contributed by atoms with Gasteiger partial charge in [0.05, 0.1) is 12.1 Å². The van der Waals surface area contributed by atoms with Gasteiger partial charge in [-0.15, -0.1) is 0 Å². The molecule has 0 spiro atoms. The van der Waals surface area contributed by atoms with Crippen molar-refractivity contribution >= 4 is 12.1 Å². The van der Waals surface area contributed by atoms with Gasteiger partial charge in [0.2, 0.25) is 0 Å². The van der Waals surface area contributed by atoms with E-state index < -0.39 is 17.2 Å². The summed E-state index contributed by atoms with van der Waals surface area (Å²) in [5, 5.41) is 13.8. The van der Waals surface area contributed by atoms with E-state index in [0.29, 0.717) is 25.6 Å². The third kappa shape index (κ3) is 8.14. The van der Waals surface area contributed by atoms with Gasteiger partial charge in [0.25, 0.3) is 0 Å². The quantitative estimate of drug-likeness (QED) is 0.479. The molecule has 1 amide bonds. The Morgan fingerprint density at radius 1 is 1.10 bits per heavy atom. The van der Waals surface area contributed by atoms with Gasteiger partial charge >= 0.3 is 6.09 Å². The predicted molar refractivity (Wildman–Crippen MR) is 119 cm³/mol. The first kappa shape index (κ1) is 23.3. The van der Waals surface area contributed by atoms with Crippen molar-refractivity contribution in [3.63, 3.8) is 0 Å². The van der Waals surface area contributed by atoms with Crippen LogP contribution < -0.4 is 16.0 Å². The van der Waals surface area contributed by atoms with Crippen molar-refractivity contribution in [2.24, 2.45) is 4.99 Å². The third-order valence-electron chi connectivity index (χ3n) is 4.22. The number of alkyl carbamates (subject to hydrolysis) is 1. The van der Waals surface area contributed by atoms with E-state index in [2.05, 4.69) is 38.2 Å². The Kier molecular flexibility index (Phi) is 7.86. The van der Waals surface area contributed by atoms with Crippen molar-refractivity contribution in [3.05, 3.63) is 53.9 Å². The molecule has 0 saturated carbocycles. The number of guanidine groups is 1. The van der Waals surface area contributed by atoms with Crippen LogP contribution in [-0.2, 0) is 17.8 Å². The first-order valence-corrected chi connectivity index (χ1v) is 10.1. The Balaban J connectivity index is 1.89. The fourth-order valence-electron chi connectivity index (χ4n) is 2.78. The summed E-state index contributed by atoms with van der Waals surface area (Å²) in [6.45, 7) is 11.2. The zero-order chi connectivity index (χ0) is 22.2. The van der Waals surface area contributed by atoms with Crippen LogP contribution in [0.1, 0.15) is 45.7 Å². The molecule has 164 valence electrons. The van der Waals surface area contributed by atoms with E-state index in [1.165, 1.54) is 11.1 Å². The fourth-order valence-corrected chi connectivity index (χ4v) is 2.78. The van der Waals surface area contributed by atoms with E-state index in [1.807, 2.05) is 63.7 Å². The number of aromatic nitrogens is 2. The maximum absolute atomic E-state index is 12.1. The van der Waals surface area contributed by atoms with Crippen molar-refractivity contribution in [2.75, 3.05) is 13.6 Å². The minimum atomic E-state index is -0.533. The summed E-state index contributed by atoms with van der Waals surface area (Å²) in [5.74, 6) is 0.656. The number of ether oxygens (including phenoxy) is 1. The van der Waals surface area contributed by atoms with Crippen LogP contribution in [0.5, 0.6) is 0 Å². The third-order valence-corrected chi connectivity index (χ3v) is 4.22. The summed E-state index contributed by atoms with van der Waals surface area (Å²) in [6.07, 6.45) is 3.29. The molecule has 1 aromatic heterocycles.